The zero-order valence-corrected chi connectivity index (χ0v) is 11.2. The van der Waals surface area contributed by atoms with Gasteiger partial charge in [-0.05, 0) is 34.5 Å². The van der Waals surface area contributed by atoms with Crippen molar-refractivity contribution in [3.63, 3.8) is 0 Å². The summed E-state index contributed by atoms with van der Waals surface area (Å²) in [6.45, 7) is 9.13. The number of nitrogens with zero attached hydrogens (tertiary/aromatic N) is 3. The molecule has 1 rings (SSSR count). The van der Waals surface area contributed by atoms with Crippen LogP contribution in [-0.4, -0.2) is 16.8 Å². The van der Waals surface area contributed by atoms with Gasteiger partial charge in [-0.2, -0.15) is 5.10 Å². The summed E-state index contributed by atoms with van der Waals surface area (Å²) >= 11 is 3.39. The van der Waals surface area contributed by atoms with Gasteiger partial charge in [0.1, 0.15) is 10.4 Å². The molecule has 0 unspecified atom stereocenters. The topological polar surface area (TPSA) is 21.1 Å². The first-order valence-electron chi connectivity index (χ1n) is 5.13. The molecular formula is C11H18BrN3. The molecule has 4 heteroatoms. The van der Waals surface area contributed by atoms with Crippen molar-refractivity contribution in [2.24, 2.45) is 5.92 Å². The maximum absolute atomic E-state index is 4.40. The molecule has 0 atom stereocenters. The lowest BCUT2D eigenvalue weighted by Crippen LogP contribution is -2.14. The molecule has 1 aromatic heterocycles. The van der Waals surface area contributed by atoms with E-state index in [0.29, 0.717) is 5.92 Å². The minimum Gasteiger partial charge on any atom is -0.337 e. The second-order valence-electron chi connectivity index (χ2n) is 4.02. The first kappa shape index (κ1) is 12.3. The summed E-state index contributed by atoms with van der Waals surface area (Å²) in [6, 6.07) is 2.00. The first-order valence-corrected chi connectivity index (χ1v) is 5.92. The Labute approximate surface area is 99.9 Å². The van der Waals surface area contributed by atoms with Crippen LogP contribution < -0.4 is 4.90 Å². The van der Waals surface area contributed by atoms with Crippen LogP contribution in [0, 0.1) is 5.92 Å². The number of aromatic nitrogens is 2. The van der Waals surface area contributed by atoms with Crippen molar-refractivity contribution < 1.29 is 0 Å². The summed E-state index contributed by atoms with van der Waals surface area (Å²) in [6.07, 6.45) is 2.92. The van der Waals surface area contributed by atoms with Gasteiger partial charge in [0.15, 0.2) is 0 Å². The van der Waals surface area contributed by atoms with Crippen LogP contribution in [0.25, 0.3) is 0 Å². The average molecular weight is 272 g/mol. The van der Waals surface area contributed by atoms with Gasteiger partial charge in [0.25, 0.3) is 0 Å². The van der Waals surface area contributed by atoms with Crippen molar-refractivity contribution in [3.8, 4) is 0 Å². The minimum absolute atomic E-state index is 0.690. The number of hydrogen-bond acceptors (Lipinski definition) is 2. The first-order chi connectivity index (χ1) is 7.04. The highest BCUT2D eigenvalue weighted by molar-refractivity contribution is 9.10. The molecule has 0 aliphatic rings. The van der Waals surface area contributed by atoms with E-state index < -0.39 is 0 Å². The van der Waals surface area contributed by atoms with Crippen LogP contribution in [0.4, 0.5) is 5.82 Å². The lowest BCUT2D eigenvalue weighted by Gasteiger charge is -2.15. The number of halogens is 1. The zero-order valence-electron chi connectivity index (χ0n) is 9.57. The Morgan fingerprint density at radius 1 is 1.67 bits per heavy atom. The van der Waals surface area contributed by atoms with Crippen molar-refractivity contribution >= 4 is 21.7 Å². The zero-order chi connectivity index (χ0) is 11.4. The predicted molar refractivity (Wildman–Crippen MR) is 68.0 cm³/mol. The van der Waals surface area contributed by atoms with Gasteiger partial charge >= 0.3 is 0 Å². The highest BCUT2D eigenvalue weighted by Gasteiger charge is 2.08. The monoisotopic (exact) mass is 271 g/mol. The number of rotatable bonds is 5. The standard InChI is InChI=1S/C11H18BrN3/c1-5-14(4)11-8-10(12)13-15(11)7-6-9(2)3/h5,8-9H,1,6-7H2,2-4H3. The summed E-state index contributed by atoms with van der Waals surface area (Å²) in [5.41, 5.74) is 0. The van der Waals surface area contributed by atoms with Gasteiger partial charge < -0.3 is 4.90 Å². The number of anilines is 1. The lowest BCUT2D eigenvalue weighted by molar-refractivity contribution is 0.487. The molecule has 0 bridgehead atoms. The third-order valence-electron chi connectivity index (χ3n) is 2.28. The molecule has 0 fully saturated rings. The molecule has 1 heterocycles. The average Bonchev–Trinajstić information content (AvgIpc) is 2.55. The van der Waals surface area contributed by atoms with E-state index in [1.165, 1.54) is 0 Å². The third-order valence-corrected chi connectivity index (χ3v) is 2.67. The van der Waals surface area contributed by atoms with E-state index in [4.69, 9.17) is 0 Å². The Morgan fingerprint density at radius 2 is 2.33 bits per heavy atom. The van der Waals surface area contributed by atoms with E-state index in [1.807, 2.05) is 22.7 Å². The smallest absolute Gasteiger partial charge is 0.131 e. The van der Waals surface area contributed by atoms with Crippen molar-refractivity contribution in [2.45, 2.75) is 26.8 Å². The summed E-state index contributed by atoms with van der Waals surface area (Å²) in [5.74, 6) is 1.76. The highest BCUT2D eigenvalue weighted by atomic mass is 79.9. The van der Waals surface area contributed by atoms with E-state index in [0.717, 1.165) is 23.4 Å². The maximum atomic E-state index is 4.40. The predicted octanol–water partition coefficient (Wildman–Crippen LogP) is 3.27. The van der Waals surface area contributed by atoms with Crippen LogP contribution >= 0.6 is 15.9 Å². The van der Waals surface area contributed by atoms with Gasteiger partial charge in [-0.3, -0.25) is 0 Å². The Hall–Kier alpha value is -0.770. The fraction of sp³-hybridized carbons (Fsp3) is 0.545. The molecule has 1 aromatic rings. The lowest BCUT2D eigenvalue weighted by atomic mass is 10.1. The van der Waals surface area contributed by atoms with Crippen LogP contribution in [0.1, 0.15) is 20.3 Å². The molecule has 0 aliphatic carbocycles. The highest BCUT2D eigenvalue weighted by Crippen LogP contribution is 2.20. The van der Waals surface area contributed by atoms with Gasteiger partial charge in [-0.25, -0.2) is 4.68 Å². The fourth-order valence-electron chi connectivity index (χ4n) is 1.30. The molecule has 15 heavy (non-hydrogen) atoms. The van der Waals surface area contributed by atoms with Gasteiger partial charge in [-0.15, -0.1) is 0 Å². The van der Waals surface area contributed by atoms with Crippen LogP contribution in [0.3, 0.4) is 0 Å². The Kier molecular flexibility index (Phi) is 4.39. The summed E-state index contributed by atoms with van der Waals surface area (Å²) in [7, 11) is 1.97. The van der Waals surface area contributed by atoms with Crippen molar-refractivity contribution in [1.82, 2.24) is 9.78 Å². The van der Waals surface area contributed by atoms with E-state index in [2.05, 4.69) is 41.5 Å². The van der Waals surface area contributed by atoms with E-state index >= 15 is 0 Å². The molecule has 0 saturated carbocycles. The summed E-state index contributed by atoms with van der Waals surface area (Å²) in [5, 5.41) is 4.40. The largest absolute Gasteiger partial charge is 0.337 e. The molecule has 0 spiro atoms. The second-order valence-corrected chi connectivity index (χ2v) is 4.84. The molecular weight excluding hydrogens is 254 g/mol. The molecule has 0 amide bonds. The number of aryl methyl sites for hydroxylation is 1. The quantitative estimate of drug-likeness (QED) is 0.820. The van der Waals surface area contributed by atoms with Crippen LogP contribution in [0.15, 0.2) is 23.4 Å². The number of hydrogen-bond donors (Lipinski definition) is 0. The molecule has 0 radical (unpaired) electrons. The Morgan fingerprint density at radius 3 is 2.87 bits per heavy atom. The van der Waals surface area contributed by atoms with Crippen molar-refractivity contribution in [2.75, 3.05) is 11.9 Å². The van der Waals surface area contributed by atoms with Crippen LogP contribution in [0.2, 0.25) is 0 Å². The summed E-state index contributed by atoms with van der Waals surface area (Å²) in [4.78, 5) is 1.97. The molecule has 0 aromatic carbocycles. The van der Waals surface area contributed by atoms with Crippen LogP contribution in [0.5, 0.6) is 0 Å². The Bertz CT molecular complexity index is 331. The fourth-order valence-corrected chi connectivity index (χ4v) is 1.70. The van der Waals surface area contributed by atoms with E-state index in [-0.39, 0.29) is 0 Å². The molecule has 3 nitrogen and oxygen atoms in total. The van der Waals surface area contributed by atoms with Gasteiger partial charge in [0.05, 0.1) is 0 Å². The van der Waals surface area contributed by atoms with Gasteiger partial charge in [0, 0.05) is 19.7 Å². The maximum Gasteiger partial charge on any atom is 0.131 e. The SMILES string of the molecule is C=CN(C)c1cc(Br)nn1CCC(C)C. The third kappa shape index (κ3) is 3.38. The molecule has 0 saturated heterocycles. The van der Waals surface area contributed by atoms with E-state index in [9.17, 15) is 0 Å². The minimum atomic E-state index is 0.690. The second kappa shape index (κ2) is 5.35. The van der Waals surface area contributed by atoms with Crippen molar-refractivity contribution in [3.05, 3.63) is 23.4 Å². The van der Waals surface area contributed by atoms with Gasteiger partial charge in [0.2, 0.25) is 0 Å². The molecule has 84 valence electrons. The van der Waals surface area contributed by atoms with Crippen molar-refractivity contribution in [1.29, 1.82) is 0 Å². The van der Waals surface area contributed by atoms with E-state index in [1.54, 1.807) is 6.20 Å². The molecule has 0 aliphatic heterocycles. The normalized spacial score (nSPS) is 10.7. The van der Waals surface area contributed by atoms with Gasteiger partial charge in [-0.1, -0.05) is 20.4 Å². The summed E-state index contributed by atoms with van der Waals surface area (Å²) < 4.78 is 2.88. The Balaban J connectivity index is 2.81. The molecule has 0 N–H and O–H groups in total. The van der Waals surface area contributed by atoms with Crippen LogP contribution in [-0.2, 0) is 6.54 Å².